The Kier molecular flexibility index (Phi) is 4.49. The first kappa shape index (κ1) is 15.7. The molecule has 0 aliphatic rings. The summed E-state index contributed by atoms with van der Waals surface area (Å²) in [5, 5.41) is 11.9. The molecular weight excluding hydrogens is 354 g/mol. The van der Waals surface area contributed by atoms with Gasteiger partial charge in [-0.25, -0.2) is 4.79 Å². The van der Waals surface area contributed by atoms with Crippen LogP contribution >= 0.6 is 27.3 Å². The first-order valence-corrected chi connectivity index (χ1v) is 7.82. The Hall–Kier alpha value is -1.66. The summed E-state index contributed by atoms with van der Waals surface area (Å²) in [6.07, 6.45) is 0. The van der Waals surface area contributed by atoms with E-state index in [0.717, 1.165) is 14.9 Å². The lowest BCUT2D eigenvalue weighted by atomic mass is 10.0. The molecule has 4 nitrogen and oxygen atoms in total. The quantitative estimate of drug-likeness (QED) is 0.845. The van der Waals surface area contributed by atoms with Crippen molar-refractivity contribution in [1.29, 1.82) is 0 Å². The minimum absolute atomic E-state index is 0.203. The lowest BCUT2D eigenvalue weighted by Crippen LogP contribution is -2.12. The molecule has 0 saturated heterocycles. The van der Waals surface area contributed by atoms with Gasteiger partial charge in [0.2, 0.25) is 0 Å². The van der Waals surface area contributed by atoms with Crippen LogP contribution < -0.4 is 5.32 Å². The molecule has 0 fully saturated rings. The summed E-state index contributed by atoms with van der Waals surface area (Å²) in [6, 6.07) is 5.05. The molecule has 0 atom stereocenters. The zero-order chi connectivity index (χ0) is 15.7. The fourth-order valence-corrected chi connectivity index (χ4v) is 3.35. The van der Waals surface area contributed by atoms with Crippen molar-refractivity contribution < 1.29 is 14.7 Å². The standard InChI is InChI=1S/C15H14BrNO3S/c1-7-4-10(6-11(9(7)3)15(19)20)17-14(18)12-5-8(2)13(16)21-12/h4-6H,1-3H3,(H,17,18)(H,19,20). The number of carboxylic acid groups (broad SMARTS) is 1. The molecule has 6 heteroatoms. The van der Waals surface area contributed by atoms with E-state index in [-0.39, 0.29) is 11.5 Å². The van der Waals surface area contributed by atoms with Gasteiger partial charge in [0, 0.05) is 5.69 Å². The number of aromatic carboxylic acids is 1. The van der Waals surface area contributed by atoms with Crippen molar-refractivity contribution in [3.8, 4) is 0 Å². The molecule has 1 aromatic heterocycles. The highest BCUT2D eigenvalue weighted by Crippen LogP contribution is 2.28. The lowest BCUT2D eigenvalue weighted by molar-refractivity contribution is 0.0695. The summed E-state index contributed by atoms with van der Waals surface area (Å²) < 4.78 is 0.916. The normalized spacial score (nSPS) is 10.5. The van der Waals surface area contributed by atoms with E-state index in [1.54, 1.807) is 19.1 Å². The van der Waals surface area contributed by atoms with E-state index in [4.69, 9.17) is 0 Å². The molecule has 0 aliphatic carbocycles. The number of rotatable bonds is 3. The number of hydrogen-bond donors (Lipinski definition) is 2. The number of carboxylic acids is 1. The first-order chi connectivity index (χ1) is 9.79. The molecular formula is C15H14BrNO3S. The van der Waals surface area contributed by atoms with Gasteiger partial charge in [0.25, 0.3) is 5.91 Å². The molecule has 0 saturated carbocycles. The summed E-state index contributed by atoms with van der Waals surface area (Å²) in [5.74, 6) is -1.24. The molecule has 0 unspecified atom stereocenters. The zero-order valence-corrected chi connectivity index (χ0v) is 14.2. The van der Waals surface area contributed by atoms with Crippen molar-refractivity contribution in [3.05, 3.63) is 49.1 Å². The van der Waals surface area contributed by atoms with Crippen molar-refractivity contribution in [2.45, 2.75) is 20.8 Å². The maximum Gasteiger partial charge on any atom is 0.336 e. The van der Waals surface area contributed by atoms with E-state index in [0.29, 0.717) is 16.1 Å². The second-order valence-corrected chi connectivity index (χ2v) is 7.16. The van der Waals surface area contributed by atoms with E-state index in [1.165, 1.54) is 17.4 Å². The van der Waals surface area contributed by atoms with Crippen LogP contribution in [0.4, 0.5) is 5.69 Å². The number of aryl methyl sites for hydroxylation is 2. The van der Waals surface area contributed by atoms with Crippen LogP contribution in [-0.4, -0.2) is 17.0 Å². The molecule has 2 rings (SSSR count). The van der Waals surface area contributed by atoms with Crippen LogP contribution in [0.3, 0.4) is 0 Å². The predicted molar refractivity (Wildman–Crippen MR) is 87.6 cm³/mol. The van der Waals surface area contributed by atoms with Gasteiger partial charge in [-0.1, -0.05) is 0 Å². The van der Waals surface area contributed by atoms with Crippen LogP contribution in [0.25, 0.3) is 0 Å². The maximum atomic E-state index is 12.2. The molecule has 110 valence electrons. The van der Waals surface area contributed by atoms with Gasteiger partial charge in [-0.05, 0) is 71.6 Å². The van der Waals surface area contributed by atoms with Gasteiger partial charge in [0.15, 0.2) is 0 Å². The number of anilines is 1. The van der Waals surface area contributed by atoms with Crippen LogP contribution in [0.15, 0.2) is 22.0 Å². The van der Waals surface area contributed by atoms with Crippen LogP contribution in [0.1, 0.15) is 36.7 Å². The van der Waals surface area contributed by atoms with E-state index < -0.39 is 5.97 Å². The molecule has 1 heterocycles. The van der Waals surface area contributed by atoms with E-state index in [1.807, 2.05) is 13.8 Å². The molecule has 0 aliphatic heterocycles. The minimum atomic E-state index is -0.999. The van der Waals surface area contributed by atoms with Crippen molar-refractivity contribution in [2.24, 2.45) is 0 Å². The molecule has 0 bridgehead atoms. The average molecular weight is 368 g/mol. The Labute approximate surface area is 134 Å². The van der Waals surface area contributed by atoms with Gasteiger partial charge in [-0.15, -0.1) is 11.3 Å². The number of thiophene rings is 1. The molecule has 0 radical (unpaired) electrons. The molecule has 1 amide bonds. The number of carbonyl (C=O) groups is 2. The van der Waals surface area contributed by atoms with Crippen LogP contribution in [0.5, 0.6) is 0 Å². The number of hydrogen-bond acceptors (Lipinski definition) is 3. The summed E-state index contributed by atoms with van der Waals surface area (Å²) in [7, 11) is 0. The van der Waals surface area contributed by atoms with E-state index >= 15 is 0 Å². The Balaban J connectivity index is 2.31. The summed E-state index contributed by atoms with van der Waals surface area (Å²) >= 11 is 4.73. The fourth-order valence-electron chi connectivity index (χ4n) is 1.92. The van der Waals surface area contributed by atoms with E-state index in [9.17, 15) is 14.7 Å². The smallest absolute Gasteiger partial charge is 0.336 e. The third-order valence-corrected chi connectivity index (χ3v) is 5.37. The van der Waals surface area contributed by atoms with Crippen LogP contribution in [-0.2, 0) is 0 Å². The molecule has 21 heavy (non-hydrogen) atoms. The van der Waals surface area contributed by atoms with Gasteiger partial charge in [0.05, 0.1) is 14.2 Å². The molecule has 1 aromatic carbocycles. The number of halogens is 1. The highest BCUT2D eigenvalue weighted by Gasteiger charge is 2.15. The van der Waals surface area contributed by atoms with Gasteiger partial charge in [-0.3, -0.25) is 4.79 Å². The second kappa shape index (κ2) is 5.99. The van der Waals surface area contributed by atoms with Gasteiger partial charge >= 0.3 is 5.97 Å². The largest absolute Gasteiger partial charge is 0.478 e. The van der Waals surface area contributed by atoms with Gasteiger partial charge < -0.3 is 10.4 Å². The van der Waals surface area contributed by atoms with Crippen LogP contribution in [0, 0.1) is 20.8 Å². The lowest BCUT2D eigenvalue weighted by Gasteiger charge is -2.10. The van der Waals surface area contributed by atoms with Crippen molar-refractivity contribution in [1.82, 2.24) is 0 Å². The Bertz CT molecular complexity index is 717. The van der Waals surface area contributed by atoms with Gasteiger partial charge in [-0.2, -0.15) is 0 Å². The third kappa shape index (κ3) is 3.33. The SMILES string of the molecule is Cc1cc(C(=O)Nc2cc(C)c(C)c(C(=O)O)c2)sc1Br. The van der Waals surface area contributed by atoms with Crippen molar-refractivity contribution in [3.63, 3.8) is 0 Å². The zero-order valence-electron chi connectivity index (χ0n) is 11.8. The van der Waals surface area contributed by atoms with Crippen molar-refractivity contribution >= 4 is 44.8 Å². The maximum absolute atomic E-state index is 12.2. The topological polar surface area (TPSA) is 66.4 Å². The van der Waals surface area contributed by atoms with Crippen LogP contribution in [0.2, 0.25) is 0 Å². The van der Waals surface area contributed by atoms with Crippen molar-refractivity contribution in [2.75, 3.05) is 5.32 Å². The Morgan fingerprint density at radius 1 is 1.14 bits per heavy atom. The van der Waals surface area contributed by atoms with Gasteiger partial charge in [0.1, 0.15) is 0 Å². The summed E-state index contributed by atoms with van der Waals surface area (Å²) in [4.78, 5) is 24.0. The number of amides is 1. The predicted octanol–water partition coefficient (Wildman–Crippen LogP) is 4.39. The molecule has 0 spiro atoms. The third-order valence-electron chi connectivity index (χ3n) is 3.24. The summed E-state index contributed by atoms with van der Waals surface area (Å²) in [6.45, 7) is 5.49. The highest BCUT2D eigenvalue weighted by atomic mass is 79.9. The number of carbonyl (C=O) groups excluding carboxylic acids is 1. The second-order valence-electron chi connectivity index (χ2n) is 4.79. The number of benzene rings is 1. The highest BCUT2D eigenvalue weighted by molar-refractivity contribution is 9.11. The Morgan fingerprint density at radius 2 is 1.81 bits per heavy atom. The monoisotopic (exact) mass is 367 g/mol. The van der Waals surface area contributed by atoms with E-state index in [2.05, 4.69) is 21.2 Å². The minimum Gasteiger partial charge on any atom is -0.478 e. The fraction of sp³-hybridized carbons (Fsp3) is 0.200. The first-order valence-electron chi connectivity index (χ1n) is 6.21. The average Bonchev–Trinajstić information content (AvgIpc) is 2.73. The Morgan fingerprint density at radius 3 is 2.33 bits per heavy atom. The molecule has 2 aromatic rings. The number of nitrogens with one attached hydrogen (secondary N) is 1. The summed E-state index contributed by atoms with van der Waals surface area (Å²) in [5.41, 5.74) is 3.22. The molecule has 2 N–H and O–H groups in total.